The molecule has 0 fully saturated rings. The molecule has 0 bridgehead atoms. The third-order valence-electron chi connectivity index (χ3n) is 3.96. The first-order valence-electron chi connectivity index (χ1n) is 8.24. The van der Waals surface area contributed by atoms with Gasteiger partial charge in [0, 0.05) is 5.56 Å². The van der Waals surface area contributed by atoms with Crippen LogP contribution in [0.25, 0.3) is 0 Å². The largest absolute Gasteiger partial charge is 0.465 e. The SMILES string of the molecule is CCS(=O)(=O)c1ccccc1C(=O)OCc1c(C(=O)OC)sc(N)c1C(=O)OC. The highest BCUT2D eigenvalue weighted by Crippen LogP contribution is 2.33. The quantitative estimate of drug-likeness (QED) is 0.505. The summed E-state index contributed by atoms with van der Waals surface area (Å²) in [5.41, 5.74) is 5.57. The Morgan fingerprint density at radius 2 is 1.66 bits per heavy atom. The first-order chi connectivity index (χ1) is 13.7. The summed E-state index contributed by atoms with van der Waals surface area (Å²) in [7, 11) is -1.38. The molecule has 156 valence electrons. The smallest absolute Gasteiger partial charge is 0.348 e. The minimum absolute atomic E-state index is 0.00254. The Bertz CT molecular complexity index is 1060. The minimum Gasteiger partial charge on any atom is -0.465 e. The second-order valence-corrected chi connectivity index (χ2v) is 8.91. The maximum Gasteiger partial charge on any atom is 0.348 e. The lowest BCUT2D eigenvalue weighted by Gasteiger charge is -2.11. The first kappa shape index (κ1) is 22.4. The highest BCUT2D eigenvalue weighted by atomic mass is 32.2. The van der Waals surface area contributed by atoms with E-state index in [1.165, 1.54) is 31.2 Å². The molecule has 2 aromatic rings. The molecular formula is C18H19NO8S2. The van der Waals surface area contributed by atoms with Crippen LogP contribution in [0.2, 0.25) is 0 Å². The number of carbonyl (C=O) groups is 3. The van der Waals surface area contributed by atoms with Gasteiger partial charge in [-0.2, -0.15) is 0 Å². The van der Waals surface area contributed by atoms with Gasteiger partial charge in [0.15, 0.2) is 9.84 Å². The molecule has 0 radical (unpaired) electrons. The van der Waals surface area contributed by atoms with Crippen LogP contribution in [0.1, 0.15) is 42.9 Å². The number of hydrogen-bond donors (Lipinski definition) is 1. The van der Waals surface area contributed by atoms with Gasteiger partial charge in [-0.1, -0.05) is 19.1 Å². The molecule has 0 saturated heterocycles. The normalized spacial score (nSPS) is 11.0. The van der Waals surface area contributed by atoms with Crippen LogP contribution < -0.4 is 5.73 Å². The molecular weight excluding hydrogens is 422 g/mol. The zero-order chi connectivity index (χ0) is 21.8. The molecule has 2 N–H and O–H groups in total. The van der Waals surface area contributed by atoms with Crippen molar-refractivity contribution in [2.24, 2.45) is 0 Å². The fourth-order valence-corrected chi connectivity index (χ4v) is 4.55. The number of sulfone groups is 1. The molecule has 2 rings (SSSR count). The molecule has 0 saturated carbocycles. The van der Waals surface area contributed by atoms with Crippen molar-refractivity contribution < 1.29 is 37.0 Å². The van der Waals surface area contributed by atoms with Crippen molar-refractivity contribution in [1.29, 1.82) is 0 Å². The predicted octanol–water partition coefficient (Wildman–Crippen LogP) is 2.05. The Labute approximate surface area is 171 Å². The third kappa shape index (κ3) is 4.57. The Hall–Kier alpha value is -2.92. The van der Waals surface area contributed by atoms with Gasteiger partial charge in [0.1, 0.15) is 22.0 Å². The summed E-state index contributed by atoms with van der Waals surface area (Å²) in [6.45, 7) is 0.943. The van der Waals surface area contributed by atoms with Gasteiger partial charge in [0.25, 0.3) is 0 Å². The van der Waals surface area contributed by atoms with Crippen LogP contribution in [0.4, 0.5) is 5.00 Å². The number of carbonyl (C=O) groups excluding carboxylic acids is 3. The monoisotopic (exact) mass is 441 g/mol. The maximum absolute atomic E-state index is 12.6. The zero-order valence-corrected chi connectivity index (χ0v) is 17.5. The van der Waals surface area contributed by atoms with E-state index in [0.29, 0.717) is 0 Å². The van der Waals surface area contributed by atoms with Gasteiger partial charge < -0.3 is 19.9 Å². The number of esters is 3. The number of anilines is 1. The number of hydrogen-bond acceptors (Lipinski definition) is 10. The number of methoxy groups -OCH3 is 2. The molecule has 1 aromatic carbocycles. The molecule has 1 aromatic heterocycles. The number of benzene rings is 1. The average Bonchev–Trinajstić information content (AvgIpc) is 3.06. The van der Waals surface area contributed by atoms with Crippen LogP contribution in [-0.2, 0) is 30.7 Å². The summed E-state index contributed by atoms with van der Waals surface area (Å²) in [6, 6.07) is 5.60. The molecule has 0 atom stereocenters. The molecule has 29 heavy (non-hydrogen) atoms. The van der Waals surface area contributed by atoms with Crippen LogP contribution in [-0.4, -0.2) is 46.3 Å². The lowest BCUT2D eigenvalue weighted by Crippen LogP contribution is -2.15. The number of nitrogen functional groups attached to an aromatic ring is 1. The standard InChI is InChI=1S/C18H19NO8S2/c1-4-29(23,24)12-8-6-5-7-10(12)16(20)27-9-11-13(17(21)25-2)15(19)28-14(11)18(22)26-3/h5-8H,4,9,19H2,1-3H3. The Kier molecular flexibility index (Phi) is 6.98. The lowest BCUT2D eigenvalue weighted by molar-refractivity contribution is 0.0448. The van der Waals surface area contributed by atoms with Crippen LogP contribution in [0.15, 0.2) is 29.2 Å². The van der Waals surface area contributed by atoms with Gasteiger partial charge in [0.05, 0.1) is 30.4 Å². The molecule has 0 aliphatic carbocycles. The molecule has 0 aliphatic rings. The van der Waals surface area contributed by atoms with Crippen LogP contribution >= 0.6 is 11.3 Å². The summed E-state index contributed by atoms with van der Waals surface area (Å²) < 4.78 is 39.0. The van der Waals surface area contributed by atoms with Gasteiger partial charge in [-0.15, -0.1) is 11.3 Å². The summed E-state index contributed by atoms with van der Waals surface area (Å²) >= 11 is 0.791. The van der Waals surface area contributed by atoms with Gasteiger partial charge in [-0.3, -0.25) is 0 Å². The van der Waals surface area contributed by atoms with Crippen LogP contribution in [0.5, 0.6) is 0 Å². The predicted molar refractivity (Wildman–Crippen MR) is 105 cm³/mol. The minimum atomic E-state index is -3.67. The summed E-state index contributed by atoms with van der Waals surface area (Å²) in [6.07, 6.45) is 0. The van der Waals surface area contributed by atoms with Crippen molar-refractivity contribution in [3.63, 3.8) is 0 Å². The molecule has 11 heteroatoms. The van der Waals surface area contributed by atoms with Gasteiger partial charge in [-0.05, 0) is 12.1 Å². The van der Waals surface area contributed by atoms with E-state index in [-0.39, 0.29) is 37.2 Å². The third-order valence-corrected chi connectivity index (χ3v) is 6.79. The topological polar surface area (TPSA) is 139 Å². The Morgan fingerprint density at radius 1 is 1.03 bits per heavy atom. The fraction of sp³-hybridized carbons (Fsp3) is 0.278. The Morgan fingerprint density at radius 3 is 2.24 bits per heavy atom. The van der Waals surface area contributed by atoms with Gasteiger partial charge in [0.2, 0.25) is 0 Å². The van der Waals surface area contributed by atoms with Crippen molar-refractivity contribution >= 4 is 44.1 Å². The van der Waals surface area contributed by atoms with E-state index in [2.05, 4.69) is 9.47 Å². The average molecular weight is 441 g/mol. The number of ether oxygens (including phenoxy) is 3. The van der Waals surface area contributed by atoms with E-state index < -0.39 is 34.4 Å². The van der Waals surface area contributed by atoms with Gasteiger partial charge in [-0.25, -0.2) is 22.8 Å². The molecule has 9 nitrogen and oxygen atoms in total. The van der Waals surface area contributed by atoms with E-state index in [4.69, 9.17) is 10.5 Å². The molecule has 0 amide bonds. The summed E-state index contributed by atoms with van der Waals surface area (Å²) in [5, 5.41) is -0.00254. The molecule has 1 heterocycles. The second-order valence-electron chi connectivity index (χ2n) is 5.61. The van der Waals surface area contributed by atoms with Crippen molar-refractivity contribution in [2.45, 2.75) is 18.4 Å². The Balaban J connectivity index is 2.41. The second kappa shape index (κ2) is 9.05. The number of nitrogens with two attached hydrogens (primary N) is 1. The fourth-order valence-electron chi connectivity index (χ4n) is 2.48. The van der Waals surface area contributed by atoms with E-state index in [1.807, 2.05) is 0 Å². The highest BCUT2D eigenvalue weighted by molar-refractivity contribution is 7.91. The highest BCUT2D eigenvalue weighted by Gasteiger charge is 2.29. The van der Waals surface area contributed by atoms with Crippen molar-refractivity contribution in [3.8, 4) is 0 Å². The van der Waals surface area contributed by atoms with E-state index in [1.54, 1.807) is 0 Å². The number of thiophene rings is 1. The van der Waals surface area contributed by atoms with Crippen molar-refractivity contribution in [1.82, 2.24) is 0 Å². The van der Waals surface area contributed by atoms with Gasteiger partial charge >= 0.3 is 17.9 Å². The molecule has 0 unspecified atom stereocenters. The van der Waals surface area contributed by atoms with E-state index >= 15 is 0 Å². The van der Waals surface area contributed by atoms with Crippen molar-refractivity contribution in [3.05, 3.63) is 45.8 Å². The van der Waals surface area contributed by atoms with Crippen LogP contribution in [0.3, 0.4) is 0 Å². The summed E-state index contributed by atoms with van der Waals surface area (Å²) in [5.74, 6) is -2.71. The maximum atomic E-state index is 12.6. The van der Waals surface area contributed by atoms with Crippen molar-refractivity contribution in [2.75, 3.05) is 25.7 Å². The lowest BCUT2D eigenvalue weighted by atomic mass is 10.1. The number of rotatable bonds is 7. The van der Waals surface area contributed by atoms with E-state index in [9.17, 15) is 22.8 Å². The molecule has 0 spiro atoms. The summed E-state index contributed by atoms with van der Waals surface area (Å²) in [4.78, 5) is 36.4. The zero-order valence-electron chi connectivity index (χ0n) is 15.9. The van der Waals surface area contributed by atoms with Crippen LogP contribution in [0, 0.1) is 0 Å². The first-order valence-corrected chi connectivity index (χ1v) is 10.7. The van der Waals surface area contributed by atoms with E-state index in [0.717, 1.165) is 25.6 Å². The molecule has 0 aliphatic heterocycles.